The van der Waals surface area contributed by atoms with Crippen LogP contribution < -0.4 is 5.32 Å². The molecule has 3 nitrogen and oxygen atoms in total. The summed E-state index contributed by atoms with van der Waals surface area (Å²) in [6.45, 7) is 3.85. The van der Waals surface area contributed by atoms with E-state index in [2.05, 4.69) is 17.3 Å². The predicted octanol–water partition coefficient (Wildman–Crippen LogP) is 2.89. The zero-order chi connectivity index (χ0) is 12.1. The first-order valence-electron chi connectivity index (χ1n) is 5.72. The number of hydrogen-bond donors (Lipinski definition) is 1. The lowest BCUT2D eigenvalue weighted by Crippen LogP contribution is -2.23. The molecule has 1 atom stereocenters. The van der Waals surface area contributed by atoms with E-state index in [1.807, 2.05) is 41.2 Å². The van der Waals surface area contributed by atoms with E-state index in [4.69, 9.17) is 11.6 Å². The highest BCUT2D eigenvalue weighted by Gasteiger charge is 2.07. The Kier molecular flexibility index (Phi) is 4.18. The van der Waals surface area contributed by atoms with Gasteiger partial charge in [-0.2, -0.15) is 5.10 Å². The summed E-state index contributed by atoms with van der Waals surface area (Å²) < 4.78 is 1.91. The van der Waals surface area contributed by atoms with E-state index in [9.17, 15) is 0 Å². The number of rotatable bonds is 5. The van der Waals surface area contributed by atoms with Crippen molar-refractivity contribution in [3.05, 3.63) is 53.3 Å². The van der Waals surface area contributed by atoms with Crippen LogP contribution in [0.25, 0.3) is 0 Å². The molecule has 0 spiro atoms. The summed E-state index contributed by atoms with van der Waals surface area (Å²) in [5.74, 6) is 0. The zero-order valence-electron chi connectivity index (χ0n) is 9.81. The molecular weight excluding hydrogens is 234 g/mol. The molecule has 0 amide bonds. The van der Waals surface area contributed by atoms with E-state index in [1.54, 1.807) is 6.20 Å². The van der Waals surface area contributed by atoms with Crippen molar-refractivity contribution in [1.82, 2.24) is 15.1 Å². The van der Waals surface area contributed by atoms with E-state index in [0.717, 1.165) is 23.7 Å². The minimum Gasteiger partial charge on any atom is -0.308 e. The standard InChI is InChI=1S/C13H16ClN3/c1-11(12-5-2-3-6-13(12)14)15-8-10-17-9-4-7-16-17/h2-7,9,11,15H,8,10H2,1H3/t11-/m1/s1. The maximum atomic E-state index is 6.14. The predicted molar refractivity (Wildman–Crippen MR) is 70.1 cm³/mol. The maximum Gasteiger partial charge on any atom is 0.0534 e. The smallest absolute Gasteiger partial charge is 0.0534 e. The molecule has 0 saturated carbocycles. The Morgan fingerprint density at radius 2 is 2.18 bits per heavy atom. The number of nitrogens with one attached hydrogen (secondary N) is 1. The third-order valence-electron chi connectivity index (χ3n) is 2.72. The molecule has 0 aliphatic rings. The van der Waals surface area contributed by atoms with Gasteiger partial charge in [-0.05, 0) is 24.6 Å². The van der Waals surface area contributed by atoms with E-state index in [0.29, 0.717) is 0 Å². The zero-order valence-corrected chi connectivity index (χ0v) is 10.6. The van der Waals surface area contributed by atoms with Crippen LogP contribution in [0.1, 0.15) is 18.5 Å². The van der Waals surface area contributed by atoms with Gasteiger partial charge >= 0.3 is 0 Å². The van der Waals surface area contributed by atoms with Crippen molar-refractivity contribution in [3.63, 3.8) is 0 Å². The van der Waals surface area contributed by atoms with Gasteiger partial charge in [0, 0.05) is 30.0 Å². The van der Waals surface area contributed by atoms with Gasteiger partial charge in [-0.3, -0.25) is 4.68 Å². The molecule has 0 unspecified atom stereocenters. The lowest BCUT2D eigenvalue weighted by atomic mass is 10.1. The molecule has 2 aromatic rings. The van der Waals surface area contributed by atoms with Gasteiger partial charge in [0.2, 0.25) is 0 Å². The van der Waals surface area contributed by atoms with Crippen LogP contribution in [0, 0.1) is 0 Å². The summed E-state index contributed by atoms with van der Waals surface area (Å²) >= 11 is 6.14. The largest absolute Gasteiger partial charge is 0.308 e. The Bertz CT molecular complexity index is 453. The first kappa shape index (κ1) is 12.1. The quantitative estimate of drug-likeness (QED) is 0.883. The van der Waals surface area contributed by atoms with Gasteiger partial charge in [0.1, 0.15) is 0 Å². The first-order valence-corrected chi connectivity index (χ1v) is 6.10. The van der Waals surface area contributed by atoms with Gasteiger partial charge in [0.25, 0.3) is 0 Å². The second kappa shape index (κ2) is 5.84. The van der Waals surface area contributed by atoms with Crippen molar-refractivity contribution in [2.75, 3.05) is 6.54 Å². The molecule has 0 aliphatic heterocycles. The molecule has 0 fully saturated rings. The lowest BCUT2D eigenvalue weighted by molar-refractivity contribution is 0.507. The van der Waals surface area contributed by atoms with E-state index in [-0.39, 0.29) is 6.04 Å². The van der Waals surface area contributed by atoms with Crippen molar-refractivity contribution in [2.45, 2.75) is 19.5 Å². The first-order chi connectivity index (χ1) is 8.27. The molecule has 0 aliphatic carbocycles. The van der Waals surface area contributed by atoms with Crippen LogP contribution in [0.5, 0.6) is 0 Å². The lowest BCUT2D eigenvalue weighted by Gasteiger charge is -2.15. The van der Waals surface area contributed by atoms with Crippen LogP contribution in [0.15, 0.2) is 42.7 Å². The van der Waals surface area contributed by atoms with Gasteiger partial charge < -0.3 is 5.32 Å². The van der Waals surface area contributed by atoms with Gasteiger partial charge in [-0.1, -0.05) is 29.8 Å². The Balaban J connectivity index is 1.85. The minimum absolute atomic E-state index is 0.249. The second-order valence-corrected chi connectivity index (χ2v) is 4.37. The molecule has 1 aromatic heterocycles. The van der Waals surface area contributed by atoms with Crippen LogP contribution in [-0.2, 0) is 6.54 Å². The molecule has 0 saturated heterocycles. The molecule has 2 rings (SSSR count). The van der Waals surface area contributed by atoms with Crippen LogP contribution in [-0.4, -0.2) is 16.3 Å². The van der Waals surface area contributed by atoms with Crippen molar-refractivity contribution in [3.8, 4) is 0 Å². The van der Waals surface area contributed by atoms with Crippen LogP contribution in [0.4, 0.5) is 0 Å². The van der Waals surface area contributed by atoms with E-state index in [1.165, 1.54) is 0 Å². The molecular formula is C13H16ClN3. The molecule has 1 N–H and O–H groups in total. The molecule has 17 heavy (non-hydrogen) atoms. The average Bonchev–Trinajstić information content (AvgIpc) is 2.82. The van der Waals surface area contributed by atoms with Gasteiger partial charge in [0.05, 0.1) is 6.54 Å². The van der Waals surface area contributed by atoms with Crippen LogP contribution >= 0.6 is 11.6 Å². The highest BCUT2D eigenvalue weighted by Crippen LogP contribution is 2.21. The van der Waals surface area contributed by atoms with Crippen LogP contribution in [0.2, 0.25) is 5.02 Å². The number of aromatic nitrogens is 2. The fraction of sp³-hybridized carbons (Fsp3) is 0.308. The summed E-state index contributed by atoms with van der Waals surface area (Å²) in [5.41, 5.74) is 1.13. The third kappa shape index (κ3) is 3.32. The number of nitrogens with zero attached hydrogens (tertiary/aromatic N) is 2. The van der Waals surface area contributed by atoms with Gasteiger partial charge in [-0.25, -0.2) is 0 Å². The Hall–Kier alpha value is -1.32. The third-order valence-corrected chi connectivity index (χ3v) is 3.07. The summed E-state index contributed by atoms with van der Waals surface area (Å²) in [5, 5.41) is 8.40. The topological polar surface area (TPSA) is 29.9 Å². The van der Waals surface area contributed by atoms with Gasteiger partial charge in [-0.15, -0.1) is 0 Å². The molecule has 1 aromatic carbocycles. The minimum atomic E-state index is 0.249. The molecule has 0 bridgehead atoms. The van der Waals surface area contributed by atoms with E-state index < -0.39 is 0 Å². The Morgan fingerprint density at radius 1 is 1.35 bits per heavy atom. The molecule has 4 heteroatoms. The summed E-state index contributed by atoms with van der Waals surface area (Å²) in [4.78, 5) is 0. The number of benzene rings is 1. The normalized spacial score (nSPS) is 12.6. The Labute approximate surface area is 106 Å². The second-order valence-electron chi connectivity index (χ2n) is 3.97. The van der Waals surface area contributed by atoms with Crippen LogP contribution in [0.3, 0.4) is 0 Å². The fourth-order valence-electron chi connectivity index (χ4n) is 1.76. The monoisotopic (exact) mass is 249 g/mol. The van der Waals surface area contributed by atoms with Crippen molar-refractivity contribution in [1.29, 1.82) is 0 Å². The van der Waals surface area contributed by atoms with E-state index >= 15 is 0 Å². The highest BCUT2D eigenvalue weighted by atomic mass is 35.5. The Morgan fingerprint density at radius 3 is 2.88 bits per heavy atom. The van der Waals surface area contributed by atoms with Crippen molar-refractivity contribution >= 4 is 11.6 Å². The van der Waals surface area contributed by atoms with Crippen molar-refractivity contribution < 1.29 is 0 Å². The van der Waals surface area contributed by atoms with Crippen molar-refractivity contribution in [2.24, 2.45) is 0 Å². The molecule has 1 heterocycles. The highest BCUT2D eigenvalue weighted by molar-refractivity contribution is 6.31. The molecule has 0 radical (unpaired) electrons. The molecule has 90 valence electrons. The SMILES string of the molecule is C[C@@H](NCCn1cccn1)c1ccccc1Cl. The number of hydrogen-bond acceptors (Lipinski definition) is 2. The summed E-state index contributed by atoms with van der Waals surface area (Å²) in [6, 6.07) is 10.1. The average molecular weight is 250 g/mol. The number of halogens is 1. The summed E-state index contributed by atoms with van der Waals surface area (Å²) in [6.07, 6.45) is 3.75. The maximum absolute atomic E-state index is 6.14. The fourth-order valence-corrected chi connectivity index (χ4v) is 2.06. The summed E-state index contributed by atoms with van der Waals surface area (Å²) in [7, 11) is 0. The van der Waals surface area contributed by atoms with Gasteiger partial charge in [0.15, 0.2) is 0 Å².